The summed E-state index contributed by atoms with van der Waals surface area (Å²) in [4.78, 5) is 23.6. The molecule has 1 amide bonds. The Hall–Kier alpha value is -3.93. The zero-order valence-corrected chi connectivity index (χ0v) is 18.6. The number of amides is 1. The van der Waals surface area contributed by atoms with Crippen molar-refractivity contribution in [3.63, 3.8) is 0 Å². The minimum atomic E-state index is -0.279. The minimum Gasteiger partial charge on any atom is -0.350 e. The van der Waals surface area contributed by atoms with Gasteiger partial charge >= 0.3 is 0 Å². The fourth-order valence-electron chi connectivity index (χ4n) is 4.00. The number of nitrogens with zero attached hydrogens (tertiary/aromatic N) is 6. The minimum absolute atomic E-state index is 0.0344. The highest BCUT2D eigenvalue weighted by Gasteiger charge is 2.35. The number of anilines is 3. The van der Waals surface area contributed by atoms with Crippen LogP contribution in [-0.2, 0) is 17.9 Å². The molecule has 1 unspecified atom stereocenters. The summed E-state index contributed by atoms with van der Waals surface area (Å²) in [6.45, 7) is 6.93. The molecule has 2 N–H and O–H groups in total. The van der Waals surface area contributed by atoms with Crippen LogP contribution in [-0.4, -0.2) is 38.7 Å². The largest absolute Gasteiger partial charge is 0.350 e. The SMILES string of the molecule is Cc1nc(NCc2cnn(Cc3ccccc3C#N)c2)nc2c1NC(=O)C(C(C)C)N2C. The first-order chi connectivity index (χ1) is 15.4. The Morgan fingerprint density at radius 3 is 2.81 bits per heavy atom. The van der Waals surface area contributed by atoms with E-state index in [0.717, 1.165) is 11.1 Å². The molecule has 0 aliphatic carbocycles. The molecule has 0 radical (unpaired) electrons. The number of carbonyl (C=O) groups is 1. The van der Waals surface area contributed by atoms with Crippen LogP contribution in [0.1, 0.15) is 36.2 Å². The lowest BCUT2D eigenvalue weighted by Gasteiger charge is -2.36. The number of carbonyl (C=O) groups excluding carboxylic acids is 1. The molecule has 9 heteroatoms. The summed E-state index contributed by atoms with van der Waals surface area (Å²) in [5, 5.41) is 19.9. The number of hydrogen-bond donors (Lipinski definition) is 2. The third-order valence-electron chi connectivity index (χ3n) is 5.58. The third-order valence-corrected chi connectivity index (χ3v) is 5.58. The average Bonchev–Trinajstić information content (AvgIpc) is 3.20. The number of hydrogen-bond acceptors (Lipinski definition) is 7. The molecule has 1 aliphatic rings. The van der Waals surface area contributed by atoms with Crippen molar-refractivity contribution in [1.29, 1.82) is 5.26 Å². The van der Waals surface area contributed by atoms with Crippen LogP contribution in [0.25, 0.3) is 0 Å². The van der Waals surface area contributed by atoms with E-state index in [0.29, 0.717) is 41.8 Å². The van der Waals surface area contributed by atoms with E-state index in [4.69, 9.17) is 0 Å². The first-order valence-corrected chi connectivity index (χ1v) is 10.5. The van der Waals surface area contributed by atoms with Crippen molar-refractivity contribution in [2.75, 3.05) is 22.6 Å². The molecule has 3 aromatic rings. The Morgan fingerprint density at radius 1 is 1.28 bits per heavy atom. The molecular weight excluding hydrogens is 404 g/mol. The van der Waals surface area contributed by atoms with Gasteiger partial charge in [0.25, 0.3) is 0 Å². The van der Waals surface area contributed by atoms with E-state index in [1.807, 2.05) is 61.8 Å². The van der Waals surface area contributed by atoms with E-state index in [2.05, 4.69) is 31.8 Å². The number of nitriles is 1. The lowest BCUT2D eigenvalue weighted by atomic mass is 9.99. The van der Waals surface area contributed by atoms with Gasteiger partial charge in [0.15, 0.2) is 5.82 Å². The Labute approximate surface area is 187 Å². The summed E-state index contributed by atoms with van der Waals surface area (Å²) >= 11 is 0. The van der Waals surface area contributed by atoms with Gasteiger partial charge < -0.3 is 15.5 Å². The number of aromatic nitrogens is 4. The smallest absolute Gasteiger partial charge is 0.247 e. The summed E-state index contributed by atoms with van der Waals surface area (Å²) in [5.74, 6) is 1.32. The lowest BCUT2D eigenvalue weighted by Crippen LogP contribution is -2.49. The predicted octanol–water partition coefficient (Wildman–Crippen LogP) is 2.93. The molecule has 3 heterocycles. The highest BCUT2D eigenvalue weighted by Crippen LogP contribution is 2.34. The standard InChI is InChI=1S/C23H26N8O/c1-14(2)20-22(32)28-19-15(3)27-23(29-21(19)30(20)4)25-10-16-11-26-31(12-16)13-18-8-6-5-7-17(18)9-24/h5-8,11-12,14,20H,10,13H2,1-4H3,(H,28,32)(H,25,27,29). The Bertz CT molecular complexity index is 1190. The van der Waals surface area contributed by atoms with E-state index in [-0.39, 0.29) is 17.9 Å². The van der Waals surface area contributed by atoms with Crippen LogP contribution >= 0.6 is 0 Å². The van der Waals surface area contributed by atoms with Gasteiger partial charge in [0, 0.05) is 25.4 Å². The van der Waals surface area contributed by atoms with Gasteiger partial charge in [-0.3, -0.25) is 9.48 Å². The van der Waals surface area contributed by atoms with Gasteiger partial charge in [0.2, 0.25) is 11.9 Å². The van der Waals surface area contributed by atoms with Gasteiger partial charge in [-0.15, -0.1) is 0 Å². The molecule has 1 atom stereocenters. The van der Waals surface area contributed by atoms with E-state index in [9.17, 15) is 10.1 Å². The van der Waals surface area contributed by atoms with Gasteiger partial charge in [-0.05, 0) is 24.5 Å². The van der Waals surface area contributed by atoms with Crippen molar-refractivity contribution >= 4 is 23.4 Å². The van der Waals surface area contributed by atoms with Gasteiger partial charge in [-0.1, -0.05) is 32.0 Å². The number of benzene rings is 1. The highest BCUT2D eigenvalue weighted by atomic mass is 16.2. The summed E-state index contributed by atoms with van der Waals surface area (Å²) in [5.41, 5.74) is 3.92. The first kappa shape index (κ1) is 21.3. The Kier molecular flexibility index (Phi) is 5.77. The highest BCUT2D eigenvalue weighted by molar-refractivity contribution is 6.03. The molecule has 2 aromatic heterocycles. The van der Waals surface area contributed by atoms with E-state index in [1.54, 1.807) is 12.3 Å². The molecule has 0 fully saturated rings. The topological polar surface area (TPSA) is 112 Å². The maximum Gasteiger partial charge on any atom is 0.247 e. The number of nitrogens with one attached hydrogen (secondary N) is 2. The van der Waals surface area contributed by atoms with Crippen LogP contribution in [0.5, 0.6) is 0 Å². The van der Waals surface area contributed by atoms with Crippen molar-refractivity contribution in [3.8, 4) is 6.07 Å². The van der Waals surface area contributed by atoms with Crippen LogP contribution in [0.2, 0.25) is 0 Å². The van der Waals surface area contributed by atoms with Crippen molar-refractivity contribution < 1.29 is 4.79 Å². The molecule has 1 aliphatic heterocycles. The Morgan fingerprint density at radius 2 is 2.06 bits per heavy atom. The van der Waals surface area contributed by atoms with Crippen LogP contribution in [0.15, 0.2) is 36.7 Å². The van der Waals surface area contributed by atoms with Crippen molar-refractivity contribution in [3.05, 3.63) is 59.0 Å². The zero-order chi connectivity index (χ0) is 22.8. The van der Waals surface area contributed by atoms with Crippen molar-refractivity contribution in [2.45, 2.75) is 39.9 Å². The number of fused-ring (bicyclic) bond motifs is 1. The van der Waals surface area contributed by atoms with Gasteiger partial charge in [-0.2, -0.15) is 15.3 Å². The van der Waals surface area contributed by atoms with Gasteiger partial charge in [0.1, 0.15) is 11.7 Å². The van der Waals surface area contributed by atoms with Crippen LogP contribution in [0.4, 0.5) is 17.5 Å². The quantitative estimate of drug-likeness (QED) is 0.618. The molecular formula is C23H26N8O. The molecule has 0 bridgehead atoms. The van der Waals surface area contributed by atoms with E-state index < -0.39 is 0 Å². The summed E-state index contributed by atoms with van der Waals surface area (Å²) in [7, 11) is 1.89. The molecule has 164 valence electrons. The number of likely N-dealkylation sites (N-methyl/N-ethyl adjacent to an activating group) is 1. The molecule has 1 aromatic carbocycles. The normalized spacial score (nSPS) is 15.3. The monoisotopic (exact) mass is 430 g/mol. The van der Waals surface area contributed by atoms with Gasteiger partial charge in [0.05, 0.1) is 30.1 Å². The summed E-state index contributed by atoms with van der Waals surface area (Å²) in [6, 6.07) is 9.45. The second-order valence-corrected chi connectivity index (χ2v) is 8.29. The molecule has 0 spiro atoms. The van der Waals surface area contributed by atoms with E-state index in [1.165, 1.54) is 0 Å². The second kappa shape index (κ2) is 8.67. The molecule has 9 nitrogen and oxygen atoms in total. The maximum atomic E-state index is 12.5. The molecule has 32 heavy (non-hydrogen) atoms. The molecule has 0 saturated carbocycles. The van der Waals surface area contributed by atoms with Crippen LogP contribution < -0.4 is 15.5 Å². The fraction of sp³-hybridized carbons (Fsp3) is 0.348. The third kappa shape index (κ3) is 4.12. The van der Waals surface area contributed by atoms with Crippen molar-refractivity contribution in [1.82, 2.24) is 19.7 Å². The first-order valence-electron chi connectivity index (χ1n) is 10.5. The maximum absolute atomic E-state index is 12.5. The summed E-state index contributed by atoms with van der Waals surface area (Å²) < 4.78 is 1.81. The molecule has 0 saturated heterocycles. The average molecular weight is 431 g/mol. The van der Waals surface area contributed by atoms with Crippen LogP contribution in [0.3, 0.4) is 0 Å². The Balaban J connectivity index is 1.48. The second-order valence-electron chi connectivity index (χ2n) is 8.29. The van der Waals surface area contributed by atoms with Crippen molar-refractivity contribution in [2.24, 2.45) is 5.92 Å². The molecule has 4 rings (SSSR count). The van der Waals surface area contributed by atoms with E-state index >= 15 is 0 Å². The van der Waals surface area contributed by atoms with Gasteiger partial charge in [-0.25, -0.2) is 4.98 Å². The summed E-state index contributed by atoms with van der Waals surface area (Å²) in [6.07, 6.45) is 3.72. The number of rotatable bonds is 6. The predicted molar refractivity (Wildman–Crippen MR) is 122 cm³/mol. The fourth-order valence-corrected chi connectivity index (χ4v) is 4.00. The zero-order valence-electron chi connectivity index (χ0n) is 18.6. The lowest BCUT2D eigenvalue weighted by molar-refractivity contribution is -0.118. The number of aryl methyl sites for hydroxylation is 1. The van der Waals surface area contributed by atoms with Crippen LogP contribution in [0, 0.1) is 24.2 Å².